The van der Waals surface area contributed by atoms with Gasteiger partial charge in [-0.25, -0.2) is 4.39 Å². The fourth-order valence-corrected chi connectivity index (χ4v) is 2.22. The van der Waals surface area contributed by atoms with Crippen LogP contribution in [0.15, 0.2) is 34.9 Å². The number of unbranched alkanes of at least 4 members (excludes halogenated alkanes) is 1. The van der Waals surface area contributed by atoms with Crippen molar-refractivity contribution in [1.29, 1.82) is 0 Å². The predicted molar refractivity (Wildman–Crippen MR) is 81.9 cm³/mol. The summed E-state index contributed by atoms with van der Waals surface area (Å²) in [5.74, 6) is 0.617. The molecule has 1 N–H and O–H groups in total. The predicted octanol–water partition coefficient (Wildman–Crippen LogP) is 3.19. The Kier molecular flexibility index (Phi) is 6.13. The highest BCUT2D eigenvalue weighted by Crippen LogP contribution is 2.08. The molecule has 0 atom stereocenters. The van der Waals surface area contributed by atoms with Gasteiger partial charge in [-0.05, 0) is 43.9 Å². The number of carbonyl (C=O) groups is 1. The van der Waals surface area contributed by atoms with Gasteiger partial charge in [-0.2, -0.15) is 0 Å². The van der Waals surface area contributed by atoms with E-state index in [1.807, 2.05) is 13.0 Å². The van der Waals surface area contributed by atoms with Gasteiger partial charge in [0, 0.05) is 25.5 Å². The van der Waals surface area contributed by atoms with Crippen molar-refractivity contribution in [3.8, 4) is 0 Å². The van der Waals surface area contributed by atoms with Gasteiger partial charge in [0.05, 0.1) is 5.69 Å². The molecular formula is C17H21FN2O2. The van der Waals surface area contributed by atoms with E-state index >= 15 is 0 Å². The minimum absolute atomic E-state index is 0.0549. The number of aryl methyl sites for hydroxylation is 2. The Morgan fingerprint density at radius 2 is 2.00 bits per heavy atom. The van der Waals surface area contributed by atoms with Crippen LogP contribution in [0.4, 0.5) is 4.39 Å². The number of halogens is 1. The van der Waals surface area contributed by atoms with Crippen LogP contribution in [0.3, 0.4) is 0 Å². The van der Waals surface area contributed by atoms with E-state index in [0.717, 1.165) is 36.3 Å². The van der Waals surface area contributed by atoms with Crippen LogP contribution < -0.4 is 5.32 Å². The SMILES string of the molecule is Cc1cc(CCNC(=O)CCCCc2ccc(F)cc2)no1. The molecule has 1 amide bonds. The van der Waals surface area contributed by atoms with Crippen LogP contribution in [0.5, 0.6) is 0 Å². The number of hydrogen-bond donors (Lipinski definition) is 1. The highest BCUT2D eigenvalue weighted by atomic mass is 19.1. The van der Waals surface area contributed by atoms with E-state index in [-0.39, 0.29) is 11.7 Å². The van der Waals surface area contributed by atoms with Crippen molar-refractivity contribution in [2.45, 2.75) is 39.0 Å². The first kappa shape index (κ1) is 16.2. The van der Waals surface area contributed by atoms with Crippen LogP contribution in [0.1, 0.15) is 36.3 Å². The van der Waals surface area contributed by atoms with Gasteiger partial charge in [0.25, 0.3) is 0 Å². The zero-order valence-corrected chi connectivity index (χ0v) is 12.8. The number of carbonyl (C=O) groups excluding carboxylic acids is 1. The Morgan fingerprint density at radius 1 is 1.23 bits per heavy atom. The summed E-state index contributed by atoms with van der Waals surface area (Å²) < 4.78 is 17.7. The van der Waals surface area contributed by atoms with E-state index in [1.165, 1.54) is 12.1 Å². The lowest BCUT2D eigenvalue weighted by Gasteiger charge is -2.04. The normalized spacial score (nSPS) is 10.6. The maximum Gasteiger partial charge on any atom is 0.220 e. The van der Waals surface area contributed by atoms with Gasteiger partial charge in [-0.15, -0.1) is 0 Å². The topological polar surface area (TPSA) is 55.1 Å². The number of aromatic nitrogens is 1. The van der Waals surface area contributed by atoms with Gasteiger partial charge < -0.3 is 9.84 Å². The minimum atomic E-state index is -0.217. The molecule has 5 heteroatoms. The van der Waals surface area contributed by atoms with Crippen molar-refractivity contribution < 1.29 is 13.7 Å². The molecule has 0 radical (unpaired) electrons. The third-order valence-corrected chi connectivity index (χ3v) is 3.41. The van der Waals surface area contributed by atoms with Crippen molar-refractivity contribution in [3.05, 3.63) is 53.2 Å². The van der Waals surface area contributed by atoms with E-state index in [0.29, 0.717) is 19.4 Å². The molecular weight excluding hydrogens is 283 g/mol. The summed E-state index contributed by atoms with van der Waals surface area (Å²) in [4.78, 5) is 11.7. The highest BCUT2D eigenvalue weighted by molar-refractivity contribution is 5.75. The number of amides is 1. The van der Waals surface area contributed by atoms with Crippen molar-refractivity contribution >= 4 is 5.91 Å². The summed E-state index contributed by atoms with van der Waals surface area (Å²) in [5, 5.41) is 6.75. The minimum Gasteiger partial charge on any atom is -0.361 e. The molecule has 0 spiro atoms. The monoisotopic (exact) mass is 304 g/mol. The Balaban J connectivity index is 1.55. The van der Waals surface area contributed by atoms with Gasteiger partial charge >= 0.3 is 0 Å². The van der Waals surface area contributed by atoms with Crippen LogP contribution >= 0.6 is 0 Å². The average molecular weight is 304 g/mol. The molecule has 0 aliphatic rings. The Bertz CT molecular complexity index is 593. The van der Waals surface area contributed by atoms with Crippen molar-refractivity contribution in [1.82, 2.24) is 10.5 Å². The fourth-order valence-electron chi connectivity index (χ4n) is 2.22. The third kappa shape index (κ3) is 5.68. The molecule has 0 fully saturated rings. The van der Waals surface area contributed by atoms with Crippen LogP contribution in [0, 0.1) is 12.7 Å². The number of nitrogens with one attached hydrogen (secondary N) is 1. The smallest absolute Gasteiger partial charge is 0.220 e. The second-order valence-corrected chi connectivity index (χ2v) is 5.36. The molecule has 0 unspecified atom stereocenters. The molecule has 2 rings (SSSR count). The van der Waals surface area contributed by atoms with Gasteiger partial charge in [-0.1, -0.05) is 17.3 Å². The summed E-state index contributed by atoms with van der Waals surface area (Å²) in [6.45, 7) is 2.42. The number of benzene rings is 1. The maximum absolute atomic E-state index is 12.8. The van der Waals surface area contributed by atoms with E-state index in [4.69, 9.17) is 4.52 Å². The number of rotatable bonds is 8. The summed E-state index contributed by atoms with van der Waals surface area (Å²) in [5.41, 5.74) is 1.96. The molecule has 0 aliphatic carbocycles. The fraction of sp³-hybridized carbons (Fsp3) is 0.412. The molecule has 0 aliphatic heterocycles. The standard InChI is InChI=1S/C17H21FN2O2/c1-13-12-16(20-22-13)10-11-19-17(21)5-3-2-4-14-6-8-15(18)9-7-14/h6-9,12H,2-5,10-11H2,1H3,(H,19,21). The van der Waals surface area contributed by atoms with E-state index < -0.39 is 0 Å². The molecule has 1 aromatic carbocycles. The van der Waals surface area contributed by atoms with E-state index in [1.54, 1.807) is 12.1 Å². The largest absolute Gasteiger partial charge is 0.361 e. The molecule has 2 aromatic rings. The van der Waals surface area contributed by atoms with E-state index in [9.17, 15) is 9.18 Å². The summed E-state index contributed by atoms with van der Waals surface area (Å²) in [6, 6.07) is 8.38. The lowest BCUT2D eigenvalue weighted by Crippen LogP contribution is -2.25. The maximum atomic E-state index is 12.8. The van der Waals surface area contributed by atoms with Crippen LogP contribution in [-0.4, -0.2) is 17.6 Å². The second kappa shape index (κ2) is 8.32. The highest BCUT2D eigenvalue weighted by Gasteiger charge is 2.03. The zero-order valence-electron chi connectivity index (χ0n) is 12.8. The molecule has 0 saturated carbocycles. The van der Waals surface area contributed by atoms with Crippen LogP contribution in [0.25, 0.3) is 0 Å². The van der Waals surface area contributed by atoms with Gasteiger partial charge in [0.1, 0.15) is 11.6 Å². The summed E-state index contributed by atoms with van der Waals surface area (Å²) in [6.07, 6.45) is 3.80. The van der Waals surface area contributed by atoms with Crippen LogP contribution in [0.2, 0.25) is 0 Å². The molecule has 118 valence electrons. The number of hydrogen-bond acceptors (Lipinski definition) is 3. The average Bonchev–Trinajstić information content (AvgIpc) is 2.91. The first-order valence-corrected chi connectivity index (χ1v) is 7.57. The molecule has 4 nitrogen and oxygen atoms in total. The number of nitrogens with zero attached hydrogens (tertiary/aromatic N) is 1. The molecule has 0 bridgehead atoms. The second-order valence-electron chi connectivity index (χ2n) is 5.36. The van der Waals surface area contributed by atoms with Gasteiger partial charge in [0.15, 0.2) is 0 Å². The quantitative estimate of drug-likeness (QED) is 0.762. The Hall–Kier alpha value is -2.17. The summed E-state index contributed by atoms with van der Waals surface area (Å²) in [7, 11) is 0. The van der Waals surface area contributed by atoms with Gasteiger partial charge in [-0.3, -0.25) is 4.79 Å². The first-order valence-electron chi connectivity index (χ1n) is 7.57. The lowest BCUT2D eigenvalue weighted by atomic mass is 10.1. The molecule has 22 heavy (non-hydrogen) atoms. The Labute approximate surface area is 129 Å². The lowest BCUT2D eigenvalue weighted by molar-refractivity contribution is -0.121. The van der Waals surface area contributed by atoms with E-state index in [2.05, 4.69) is 10.5 Å². The van der Waals surface area contributed by atoms with Crippen molar-refractivity contribution in [3.63, 3.8) is 0 Å². The molecule has 1 aromatic heterocycles. The first-order chi connectivity index (χ1) is 10.6. The molecule has 1 heterocycles. The van der Waals surface area contributed by atoms with Crippen molar-refractivity contribution in [2.24, 2.45) is 0 Å². The Morgan fingerprint density at radius 3 is 2.68 bits per heavy atom. The van der Waals surface area contributed by atoms with Crippen LogP contribution in [-0.2, 0) is 17.6 Å². The van der Waals surface area contributed by atoms with Gasteiger partial charge in [0.2, 0.25) is 5.91 Å². The third-order valence-electron chi connectivity index (χ3n) is 3.41. The molecule has 0 saturated heterocycles. The van der Waals surface area contributed by atoms with Crippen molar-refractivity contribution in [2.75, 3.05) is 6.54 Å². The zero-order chi connectivity index (χ0) is 15.8. The summed E-state index contributed by atoms with van der Waals surface area (Å²) >= 11 is 0.